The van der Waals surface area contributed by atoms with Crippen LogP contribution in [0.4, 0.5) is 22.7 Å². The average Bonchev–Trinajstić information content (AvgIpc) is 2.74. The minimum absolute atomic E-state index is 0.225. The van der Waals surface area contributed by atoms with Crippen molar-refractivity contribution in [1.29, 1.82) is 0 Å². The maximum Gasteiger partial charge on any atom is 0.295 e. The van der Waals surface area contributed by atoms with Gasteiger partial charge < -0.3 is 15.8 Å². The predicted octanol–water partition coefficient (Wildman–Crippen LogP) is 4.53. The third-order valence-electron chi connectivity index (χ3n) is 4.01. The Labute approximate surface area is 181 Å². The molecule has 164 valence electrons. The lowest BCUT2D eigenvalue weighted by Gasteiger charge is -2.09. The molecule has 3 aromatic rings. The van der Waals surface area contributed by atoms with Crippen molar-refractivity contribution in [3.05, 3.63) is 48.5 Å². The largest absolute Gasteiger partial charge is 0.399 e. The molecule has 0 amide bonds. The SMILES string of the molecule is COCNc1cc(N)ccc1N=Nc1ccc2cc(SOOO)cc(S(=O)(=O)O)c2c1. The first kappa shape index (κ1) is 22.9. The van der Waals surface area contributed by atoms with Crippen molar-refractivity contribution in [2.24, 2.45) is 10.2 Å². The Hall–Kier alpha value is -2.78. The quantitative estimate of drug-likeness (QED) is 0.0669. The summed E-state index contributed by atoms with van der Waals surface area (Å²) in [6, 6.07) is 12.5. The zero-order chi connectivity index (χ0) is 22.4. The Kier molecular flexibility index (Phi) is 7.40. The molecule has 0 aliphatic heterocycles. The molecule has 0 fully saturated rings. The van der Waals surface area contributed by atoms with Crippen LogP contribution < -0.4 is 11.1 Å². The lowest BCUT2D eigenvalue weighted by atomic mass is 10.1. The minimum Gasteiger partial charge on any atom is -0.399 e. The number of benzene rings is 3. The highest BCUT2D eigenvalue weighted by molar-refractivity contribution is 7.94. The van der Waals surface area contributed by atoms with E-state index in [1.807, 2.05) is 0 Å². The molecule has 0 radical (unpaired) electrons. The van der Waals surface area contributed by atoms with E-state index in [0.29, 0.717) is 40.2 Å². The molecule has 0 aliphatic rings. The van der Waals surface area contributed by atoms with Crippen LogP contribution in [0.25, 0.3) is 10.8 Å². The van der Waals surface area contributed by atoms with Crippen LogP contribution in [-0.2, 0) is 24.2 Å². The van der Waals surface area contributed by atoms with E-state index >= 15 is 0 Å². The predicted molar refractivity (Wildman–Crippen MR) is 115 cm³/mol. The molecule has 31 heavy (non-hydrogen) atoms. The van der Waals surface area contributed by atoms with E-state index in [0.717, 1.165) is 0 Å². The molecule has 0 heterocycles. The van der Waals surface area contributed by atoms with Crippen LogP contribution >= 0.6 is 12.0 Å². The molecule has 0 unspecified atom stereocenters. The highest BCUT2D eigenvalue weighted by Crippen LogP contribution is 2.34. The number of nitrogen functional groups attached to an aromatic ring is 1. The van der Waals surface area contributed by atoms with Crippen molar-refractivity contribution in [2.75, 3.05) is 24.9 Å². The molecule has 0 aliphatic carbocycles. The van der Waals surface area contributed by atoms with Gasteiger partial charge in [0.2, 0.25) is 0 Å². The van der Waals surface area contributed by atoms with Crippen LogP contribution in [0.5, 0.6) is 0 Å². The molecule has 11 nitrogen and oxygen atoms in total. The molecule has 0 spiro atoms. The topological polar surface area (TPSA) is 165 Å². The first-order valence-corrected chi connectivity index (χ1v) is 10.7. The Bertz CT molecular complexity index is 1220. The smallest absolute Gasteiger partial charge is 0.295 e. The van der Waals surface area contributed by atoms with Crippen LogP contribution in [0.2, 0.25) is 0 Å². The number of azo groups is 1. The lowest BCUT2D eigenvalue weighted by molar-refractivity contribution is -0.432. The summed E-state index contributed by atoms with van der Waals surface area (Å²) in [5.74, 6) is 0. The third-order valence-corrected chi connectivity index (χ3v) is 5.46. The minimum atomic E-state index is -4.56. The summed E-state index contributed by atoms with van der Waals surface area (Å²) in [6.45, 7) is 0.241. The molecular formula is C18H18N4O7S2. The number of hydrogen-bond donors (Lipinski definition) is 4. The number of methoxy groups -OCH3 is 1. The number of nitrogens with zero attached hydrogens (tertiary/aromatic N) is 2. The number of ether oxygens (including phenoxy) is 1. The summed E-state index contributed by atoms with van der Waals surface area (Å²) >= 11 is 0.569. The van der Waals surface area contributed by atoms with Crippen molar-refractivity contribution >= 4 is 55.7 Å². The van der Waals surface area contributed by atoms with Crippen molar-refractivity contribution in [3.8, 4) is 0 Å². The number of nitrogens with two attached hydrogens (primary N) is 1. The molecule has 5 N–H and O–H groups in total. The number of anilines is 2. The maximum absolute atomic E-state index is 11.9. The number of rotatable bonds is 9. The van der Waals surface area contributed by atoms with Gasteiger partial charge in [0.15, 0.2) is 0 Å². The van der Waals surface area contributed by atoms with Gasteiger partial charge in [0.1, 0.15) is 17.3 Å². The molecule has 0 saturated heterocycles. The Morgan fingerprint density at radius 3 is 2.65 bits per heavy atom. The van der Waals surface area contributed by atoms with E-state index in [1.165, 1.54) is 19.2 Å². The number of nitrogens with one attached hydrogen (secondary N) is 1. The van der Waals surface area contributed by atoms with E-state index in [9.17, 15) is 13.0 Å². The van der Waals surface area contributed by atoms with E-state index in [4.69, 9.17) is 15.7 Å². The molecule has 3 aromatic carbocycles. The fourth-order valence-corrected chi connectivity index (χ4v) is 3.96. The van der Waals surface area contributed by atoms with E-state index in [1.54, 1.807) is 36.4 Å². The average molecular weight is 466 g/mol. The fourth-order valence-electron chi connectivity index (χ4n) is 2.71. The fraction of sp³-hybridized carbons (Fsp3) is 0.111. The van der Waals surface area contributed by atoms with Gasteiger partial charge in [-0.25, -0.2) is 5.26 Å². The van der Waals surface area contributed by atoms with Crippen LogP contribution in [0.15, 0.2) is 68.6 Å². The summed E-state index contributed by atoms with van der Waals surface area (Å²) < 4.78 is 42.7. The van der Waals surface area contributed by atoms with Gasteiger partial charge in [0.25, 0.3) is 10.1 Å². The summed E-state index contributed by atoms with van der Waals surface area (Å²) in [5.41, 5.74) is 7.79. The van der Waals surface area contributed by atoms with Crippen molar-refractivity contribution in [2.45, 2.75) is 9.79 Å². The normalized spacial score (nSPS) is 12.0. The first-order chi connectivity index (χ1) is 14.8. The van der Waals surface area contributed by atoms with Crippen molar-refractivity contribution < 1.29 is 32.3 Å². The summed E-state index contributed by atoms with van der Waals surface area (Å²) in [7, 11) is -3.03. The summed E-state index contributed by atoms with van der Waals surface area (Å²) in [4.78, 5) is -0.0830. The van der Waals surface area contributed by atoms with Gasteiger partial charge in [-0.15, -0.1) is 9.45 Å². The van der Waals surface area contributed by atoms with Crippen LogP contribution in [0, 0.1) is 0 Å². The zero-order valence-corrected chi connectivity index (χ0v) is 17.7. The van der Waals surface area contributed by atoms with Gasteiger partial charge >= 0.3 is 0 Å². The second-order valence-electron chi connectivity index (χ2n) is 6.11. The molecular weight excluding hydrogens is 448 g/mol. The Balaban J connectivity index is 2.01. The molecule has 0 bridgehead atoms. The molecule has 0 atom stereocenters. The highest BCUT2D eigenvalue weighted by Gasteiger charge is 2.17. The van der Waals surface area contributed by atoms with Crippen LogP contribution in [0.1, 0.15) is 0 Å². The van der Waals surface area contributed by atoms with Crippen molar-refractivity contribution in [3.63, 3.8) is 0 Å². The van der Waals surface area contributed by atoms with Gasteiger partial charge in [-0.1, -0.05) is 11.1 Å². The zero-order valence-electron chi connectivity index (χ0n) is 16.0. The van der Waals surface area contributed by atoms with E-state index in [2.05, 4.69) is 24.9 Å². The molecule has 0 aromatic heterocycles. The van der Waals surface area contributed by atoms with E-state index in [-0.39, 0.29) is 21.9 Å². The maximum atomic E-state index is 11.9. The Morgan fingerprint density at radius 2 is 1.94 bits per heavy atom. The molecule has 3 rings (SSSR count). The number of fused-ring (bicyclic) bond motifs is 1. The van der Waals surface area contributed by atoms with Gasteiger partial charge in [0, 0.05) is 23.1 Å². The molecule has 13 heteroatoms. The van der Waals surface area contributed by atoms with Gasteiger partial charge in [-0.2, -0.15) is 13.5 Å². The van der Waals surface area contributed by atoms with Crippen LogP contribution in [-0.4, -0.2) is 32.1 Å². The highest BCUT2D eigenvalue weighted by atomic mass is 32.2. The van der Waals surface area contributed by atoms with Gasteiger partial charge in [-0.05, 0) is 47.9 Å². The number of hydrogen-bond acceptors (Lipinski definition) is 11. The summed E-state index contributed by atoms with van der Waals surface area (Å²) in [5, 5.41) is 23.9. The lowest BCUT2D eigenvalue weighted by Crippen LogP contribution is -2.03. The van der Waals surface area contributed by atoms with Crippen LogP contribution in [0.3, 0.4) is 0 Å². The second-order valence-corrected chi connectivity index (χ2v) is 8.28. The Morgan fingerprint density at radius 1 is 1.13 bits per heavy atom. The van der Waals surface area contributed by atoms with Gasteiger partial charge in [0.05, 0.1) is 23.4 Å². The first-order valence-electron chi connectivity index (χ1n) is 8.56. The van der Waals surface area contributed by atoms with E-state index < -0.39 is 10.1 Å². The second kappa shape index (κ2) is 10.0. The third kappa shape index (κ3) is 5.89. The van der Waals surface area contributed by atoms with Crippen molar-refractivity contribution in [1.82, 2.24) is 0 Å². The summed E-state index contributed by atoms with van der Waals surface area (Å²) in [6.07, 6.45) is 0. The van der Waals surface area contributed by atoms with Gasteiger partial charge in [-0.3, -0.25) is 4.55 Å². The molecule has 0 saturated carbocycles. The monoisotopic (exact) mass is 466 g/mol. The standard InChI is InChI=1S/C18H18N4O7S2/c1-27-10-20-17-7-12(19)3-5-16(17)22-21-13-4-2-11-6-14(30-29-28-23)9-18(15(11)8-13)31(24,25)26/h2-9,20,23H,10,19H2,1H3,(H,24,25,26).